The molecule has 0 aliphatic carbocycles. The van der Waals surface area contributed by atoms with Gasteiger partial charge in [-0.25, -0.2) is 0 Å². The molecule has 1 atom stereocenters. The van der Waals surface area contributed by atoms with Gasteiger partial charge < -0.3 is 10.0 Å². The van der Waals surface area contributed by atoms with Gasteiger partial charge >= 0.3 is 5.97 Å². The first-order chi connectivity index (χ1) is 9.31. The summed E-state index contributed by atoms with van der Waals surface area (Å²) < 4.78 is 0. The first-order valence-electron chi connectivity index (χ1n) is 5.92. The van der Waals surface area contributed by atoms with E-state index < -0.39 is 16.8 Å². The minimum atomic E-state index is -0.837. The Morgan fingerprint density at radius 1 is 1.45 bits per heavy atom. The predicted molar refractivity (Wildman–Crippen MR) is 75.6 cm³/mol. The van der Waals surface area contributed by atoms with E-state index in [4.69, 9.17) is 28.3 Å². The topological polar surface area (TPSA) is 83.7 Å². The summed E-state index contributed by atoms with van der Waals surface area (Å²) in [5.74, 6) is -1.26. The van der Waals surface area contributed by atoms with Gasteiger partial charge in [-0.1, -0.05) is 30.1 Å². The maximum atomic E-state index is 10.9. The second kappa shape index (κ2) is 5.46. The fourth-order valence-electron chi connectivity index (χ4n) is 2.17. The molecule has 1 aliphatic rings. The van der Waals surface area contributed by atoms with Crippen LogP contribution >= 0.6 is 23.2 Å². The number of hydrogen-bond acceptors (Lipinski definition) is 4. The predicted octanol–water partition coefficient (Wildman–Crippen LogP) is 3.06. The molecule has 1 N–H and O–H groups in total. The minimum absolute atomic E-state index is 0.0230. The molecule has 20 heavy (non-hydrogen) atoms. The van der Waals surface area contributed by atoms with Crippen LogP contribution in [0.1, 0.15) is 6.92 Å². The standard InChI is InChI=1S/C12H12Cl2N2O4/c1-6(12(17)18)7-4-15(5-7)11-9(13)2-8(16(19)20)3-10(11)14/h2-3,6-7H,4-5H2,1H3,(H,17,18). The van der Waals surface area contributed by atoms with Crippen molar-refractivity contribution >= 4 is 40.5 Å². The molecule has 0 saturated carbocycles. The summed E-state index contributed by atoms with van der Waals surface area (Å²) in [7, 11) is 0. The summed E-state index contributed by atoms with van der Waals surface area (Å²) in [6.45, 7) is 2.69. The SMILES string of the molecule is CC(C(=O)O)C1CN(c2c(Cl)cc([N+](=O)[O-])cc2Cl)C1. The second-order valence-electron chi connectivity index (χ2n) is 4.81. The lowest BCUT2D eigenvalue weighted by Crippen LogP contribution is -2.51. The largest absolute Gasteiger partial charge is 0.481 e. The van der Waals surface area contributed by atoms with E-state index in [1.165, 1.54) is 12.1 Å². The van der Waals surface area contributed by atoms with Crippen LogP contribution in [0.25, 0.3) is 0 Å². The summed E-state index contributed by atoms with van der Waals surface area (Å²) in [4.78, 5) is 22.8. The molecule has 8 heteroatoms. The number of nitro benzene ring substituents is 1. The van der Waals surface area contributed by atoms with Crippen LogP contribution < -0.4 is 4.90 Å². The van der Waals surface area contributed by atoms with Crippen LogP contribution in [-0.4, -0.2) is 29.1 Å². The van der Waals surface area contributed by atoms with Crippen molar-refractivity contribution in [3.63, 3.8) is 0 Å². The average molecular weight is 319 g/mol. The lowest BCUT2D eigenvalue weighted by atomic mass is 9.86. The van der Waals surface area contributed by atoms with Crippen LogP contribution in [0.3, 0.4) is 0 Å². The Morgan fingerprint density at radius 2 is 1.95 bits per heavy atom. The summed E-state index contributed by atoms with van der Waals surface area (Å²) >= 11 is 12.1. The van der Waals surface area contributed by atoms with Crippen LogP contribution in [0.15, 0.2) is 12.1 Å². The van der Waals surface area contributed by atoms with Crippen molar-refractivity contribution in [2.75, 3.05) is 18.0 Å². The van der Waals surface area contributed by atoms with E-state index >= 15 is 0 Å². The van der Waals surface area contributed by atoms with Crippen molar-refractivity contribution < 1.29 is 14.8 Å². The molecular weight excluding hydrogens is 307 g/mol. The highest BCUT2D eigenvalue weighted by molar-refractivity contribution is 6.39. The summed E-state index contributed by atoms with van der Waals surface area (Å²) in [5, 5.41) is 20.0. The molecular formula is C12H12Cl2N2O4. The Morgan fingerprint density at radius 3 is 2.35 bits per heavy atom. The zero-order chi connectivity index (χ0) is 15.0. The van der Waals surface area contributed by atoms with E-state index in [0.717, 1.165) is 0 Å². The molecule has 1 aromatic carbocycles. The second-order valence-corrected chi connectivity index (χ2v) is 5.62. The number of carboxylic acid groups (broad SMARTS) is 1. The number of aliphatic carboxylic acids is 1. The molecule has 0 amide bonds. The molecule has 0 aromatic heterocycles. The van der Waals surface area contributed by atoms with Crippen LogP contribution in [0.5, 0.6) is 0 Å². The zero-order valence-electron chi connectivity index (χ0n) is 10.5. The molecule has 0 spiro atoms. The van der Waals surface area contributed by atoms with Crippen molar-refractivity contribution in [2.24, 2.45) is 11.8 Å². The molecule has 6 nitrogen and oxygen atoms in total. The van der Waals surface area contributed by atoms with E-state index in [0.29, 0.717) is 18.8 Å². The van der Waals surface area contributed by atoms with E-state index in [-0.39, 0.29) is 21.7 Å². The van der Waals surface area contributed by atoms with Gasteiger partial charge in [0.05, 0.1) is 26.6 Å². The van der Waals surface area contributed by atoms with Crippen LogP contribution in [-0.2, 0) is 4.79 Å². The molecule has 1 heterocycles. The zero-order valence-corrected chi connectivity index (χ0v) is 12.1. The van der Waals surface area contributed by atoms with E-state index in [2.05, 4.69) is 0 Å². The Hall–Kier alpha value is -1.53. The maximum absolute atomic E-state index is 10.9. The highest BCUT2D eigenvalue weighted by atomic mass is 35.5. The lowest BCUT2D eigenvalue weighted by molar-refractivity contribution is -0.384. The van der Waals surface area contributed by atoms with Crippen LogP contribution in [0.2, 0.25) is 10.0 Å². The third-order valence-electron chi connectivity index (χ3n) is 3.54. The highest BCUT2D eigenvalue weighted by Gasteiger charge is 2.36. The maximum Gasteiger partial charge on any atom is 0.306 e. The van der Waals surface area contributed by atoms with Gasteiger partial charge in [0.1, 0.15) is 0 Å². The summed E-state index contributed by atoms with van der Waals surface area (Å²) in [6.07, 6.45) is 0. The van der Waals surface area contributed by atoms with Crippen LogP contribution in [0, 0.1) is 22.0 Å². The molecule has 108 valence electrons. The Bertz CT molecular complexity index is 550. The van der Waals surface area contributed by atoms with E-state index in [1.807, 2.05) is 4.90 Å². The van der Waals surface area contributed by atoms with Gasteiger partial charge in [0, 0.05) is 31.1 Å². The van der Waals surface area contributed by atoms with Gasteiger partial charge in [0.25, 0.3) is 5.69 Å². The fraction of sp³-hybridized carbons (Fsp3) is 0.417. The number of rotatable bonds is 4. The molecule has 1 aliphatic heterocycles. The Labute approximate surface area is 125 Å². The van der Waals surface area contributed by atoms with Crippen molar-refractivity contribution in [2.45, 2.75) is 6.92 Å². The van der Waals surface area contributed by atoms with Gasteiger partial charge in [-0.2, -0.15) is 0 Å². The first kappa shape index (κ1) is 14.9. The van der Waals surface area contributed by atoms with Gasteiger partial charge in [-0.15, -0.1) is 0 Å². The van der Waals surface area contributed by atoms with Crippen molar-refractivity contribution in [1.82, 2.24) is 0 Å². The highest BCUT2D eigenvalue weighted by Crippen LogP contribution is 2.41. The quantitative estimate of drug-likeness (QED) is 0.681. The minimum Gasteiger partial charge on any atom is -0.481 e. The normalized spacial score (nSPS) is 16.6. The number of anilines is 1. The Balaban J connectivity index is 2.16. The number of nitrogens with zero attached hydrogens (tertiary/aromatic N) is 2. The molecule has 2 rings (SSSR count). The molecule has 0 radical (unpaired) electrons. The van der Waals surface area contributed by atoms with Crippen molar-refractivity contribution in [3.05, 3.63) is 32.3 Å². The number of carbonyl (C=O) groups is 1. The van der Waals surface area contributed by atoms with E-state index in [1.54, 1.807) is 6.92 Å². The molecule has 0 bridgehead atoms. The number of halogens is 2. The van der Waals surface area contributed by atoms with Crippen molar-refractivity contribution in [1.29, 1.82) is 0 Å². The number of carboxylic acids is 1. The average Bonchev–Trinajstić information content (AvgIpc) is 2.29. The molecule has 1 aromatic rings. The Kier molecular flexibility index (Phi) is 4.06. The molecule has 1 fully saturated rings. The van der Waals surface area contributed by atoms with Gasteiger partial charge in [0.2, 0.25) is 0 Å². The fourth-order valence-corrected chi connectivity index (χ4v) is 2.89. The van der Waals surface area contributed by atoms with Gasteiger partial charge in [0.15, 0.2) is 0 Å². The number of non-ortho nitro benzene ring substituents is 1. The van der Waals surface area contributed by atoms with Crippen LogP contribution in [0.4, 0.5) is 11.4 Å². The van der Waals surface area contributed by atoms with Crippen molar-refractivity contribution in [3.8, 4) is 0 Å². The monoisotopic (exact) mass is 318 g/mol. The number of benzene rings is 1. The first-order valence-corrected chi connectivity index (χ1v) is 6.68. The lowest BCUT2D eigenvalue weighted by Gasteiger charge is -2.43. The molecule has 1 unspecified atom stereocenters. The molecule has 1 saturated heterocycles. The smallest absolute Gasteiger partial charge is 0.306 e. The summed E-state index contributed by atoms with van der Waals surface area (Å²) in [6, 6.07) is 2.49. The summed E-state index contributed by atoms with van der Waals surface area (Å²) in [5.41, 5.74) is 0.354. The van der Waals surface area contributed by atoms with Gasteiger partial charge in [-0.05, 0) is 0 Å². The van der Waals surface area contributed by atoms with Gasteiger partial charge in [-0.3, -0.25) is 14.9 Å². The number of nitro groups is 1. The third-order valence-corrected chi connectivity index (χ3v) is 4.11. The third kappa shape index (κ3) is 2.66. The number of hydrogen-bond donors (Lipinski definition) is 1. The van der Waals surface area contributed by atoms with E-state index in [9.17, 15) is 14.9 Å².